The second kappa shape index (κ2) is 4.35. The highest BCUT2D eigenvalue weighted by Gasteiger charge is 1.92. The summed E-state index contributed by atoms with van der Waals surface area (Å²) < 4.78 is 0. The fourth-order valence-corrected chi connectivity index (χ4v) is 0.735. The summed E-state index contributed by atoms with van der Waals surface area (Å²) in [6, 6.07) is 9.66. The first-order valence-corrected chi connectivity index (χ1v) is 4.01. The van der Waals surface area contributed by atoms with Gasteiger partial charge in [0.2, 0.25) is 5.96 Å². The number of rotatable bonds is 2. The van der Waals surface area contributed by atoms with Crippen molar-refractivity contribution in [3.05, 3.63) is 30.3 Å². The zero-order valence-electron chi connectivity index (χ0n) is 7.86. The maximum atomic E-state index is 5.58. The molecule has 0 amide bonds. The van der Waals surface area contributed by atoms with Gasteiger partial charge in [0.05, 0.1) is 5.69 Å². The van der Waals surface area contributed by atoms with Crippen molar-refractivity contribution in [1.82, 2.24) is 4.90 Å². The minimum atomic E-state index is 0.448. The summed E-state index contributed by atoms with van der Waals surface area (Å²) >= 11 is 0. The highest BCUT2D eigenvalue weighted by molar-refractivity contribution is 5.78. The summed E-state index contributed by atoms with van der Waals surface area (Å²) in [6.45, 7) is 0. The fraction of sp³-hybridized carbons (Fsp3) is 0.222. The molecule has 0 aromatic heterocycles. The monoisotopic (exact) mass is 178 g/mol. The number of nitrogens with zero attached hydrogens (tertiary/aromatic N) is 2. The molecule has 0 saturated heterocycles. The molecule has 3 N–H and O–H groups in total. The molecule has 0 heterocycles. The van der Waals surface area contributed by atoms with Crippen LogP contribution in [0.15, 0.2) is 35.4 Å². The fourth-order valence-electron chi connectivity index (χ4n) is 0.735. The molecule has 13 heavy (non-hydrogen) atoms. The van der Waals surface area contributed by atoms with Gasteiger partial charge >= 0.3 is 0 Å². The van der Waals surface area contributed by atoms with Crippen LogP contribution in [0.1, 0.15) is 0 Å². The van der Waals surface area contributed by atoms with Crippen LogP contribution in [0.25, 0.3) is 0 Å². The number of nitrogens with one attached hydrogen (secondary N) is 1. The van der Waals surface area contributed by atoms with E-state index in [0.717, 1.165) is 5.69 Å². The molecule has 1 rings (SSSR count). The maximum Gasteiger partial charge on any atom is 0.213 e. The Morgan fingerprint density at radius 2 is 1.92 bits per heavy atom. The van der Waals surface area contributed by atoms with Crippen LogP contribution in [-0.2, 0) is 0 Å². The molecule has 4 nitrogen and oxygen atoms in total. The lowest BCUT2D eigenvalue weighted by molar-refractivity contribution is 0.613. The van der Waals surface area contributed by atoms with Gasteiger partial charge in [0.1, 0.15) is 0 Å². The minimum Gasteiger partial charge on any atom is -0.368 e. The van der Waals surface area contributed by atoms with Gasteiger partial charge in [0.25, 0.3) is 0 Å². The molecule has 4 heteroatoms. The summed E-state index contributed by atoms with van der Waals surface area (Å²) in [5.74, 6) is 0.448. The van der Waals surface area contributed by atoms with E-state index in [-0.39, 0.29) is 0 Å². The van der Waals surface area contributed by atoms with Crippen molar-refractivity contribution in [2.45, 2.75) is 0 Å². The summed E-state index contributed by atoms with van der Waals surface area (Å²) in [5.41, 5.74) is 9.35. The van der Waals surface area contributed by atoms with E-state index in [0.29, 0.717) is 5.96 Å². The topological polar surface area (TPSA) is 53.6 Å². The quantitative estimate of drug-likeness (QED) is 0.402. The van der Waals surface area contributed by atoms with Crippen LogP contribution in [0, 0.1) is 0 Å². The zero-order chi connectivity index (χ0) is 9.68. The van der Waals surface area contributed by atoms with Crippen LogP contribution >= 0.6 is 0 Å². The molecule has 0 aliphatic rings. The van der Waals surface area contributed by atoms with Gasteiger partial charge in [0, 0.05) is 14.1 Å². The number of hydrogen-bond donors (Lipinski definition) is 2. The van der Waals surface area contributed by atoms with Gasteiger partial charge in [-0.3, -0.25) is 5.43 Å². The van der Waals surface area contributed by atoms with Crippen molar-refractivity contribution in [3.63, 3.8) is 0 Å². The van der Waals surface area contributed by atoms with Crippen molar-refractivity contribution in [3.8, 4) is 0 Å². The van der Waals surface area contributed by atoms with Crippen molar-refractivity contribution in [2.75, 3.05) is 19.5 Å². The maximum absolute atomic E-state index is 5.58. The van der Waals surface area contributed by atoms with Gasteiger partial charge in [-0.05, 0) is 12.1 Å². The van der Waals surface area contributed by atoms with Crippen molar-refractivity contribution >= 4 is 11.6 Å². The standard InChI is InChI=1S/C9H14N4/c1-13(2)9(10)12-11-8-6-4-3-5-7-8/h3-7,11H,1-2H3,(H2,10,12). The summed E-state index contributed by atoms with van der Waals surface area (Å²) in [4.78, 5) is 1.73. The Bertz CT molecular complexity index is 279. The van der Waals surface area contributed by atoms with E-state index in [1.807, 2.05) is 44.4 Å². The molecule has 1 aromatic carbocycles. The van der Waals surface area contributed by atoms with Crippen LogP contribution in [0.5, 0.6) is 0 Å². The van der Waals surface area contributed by atoms with E-state index >= 15 is 0 Å². The molecule has 0 bridgehead atoms. The Kier molecular flexibility index (Phi) is 3.14. The van der Waals surface area contributed by atoms with E-state index in [2.05, 4.69) is 10.5 Å². The smallest absolute Gasteiger partial charge is 0.213 e. The molecular weight excluding hydrogens is 164 g/mol. The van der Waals surface area contributed by atoms with E-state index in [1.165, 1.54) is 0 Å². The van der Waals surface area contributed by atoms with Gasteiger partial charge in [0.15, 0.2) is 0 Å². The number of nitrogens with two attached hydrogens (primary N) is 1. The predicted octanol–water partition coefficient (Wildman–Crippen LogP) is 0.890. The van der Waals surface area contributed by atoms with Crippen molar-refractivity contribution < 1.29 is 0 Å². The van der Waals surface area contributed by atoms with E-state index in [4.69, 9.17) is 5.73 Å². The molecule has 0 atom stereocenters. The van der Waals surface area contributed by atoms with E-state index < -0.39 is 0 Å². The Morgan fingerprint density at radius 1 is 1.31 bits per heavy atom. The normalized spacial score (nSPS) is 11.1. The van der Waals surface area contributed by atoms with Crippen LogP contribution in [0.2, 0.25) is 0 Å². The first kappa shape index (κ1) is 9.38. The molecule has 70 valence electrons. The van der Waals surface area contributed by atoms with Crippen LogP contribution in [0.3, 0.4) is 0 Å². The average Bonchev–Trinajstić information content (AvgIpc) is 2.15. The Labute approximate surface area is 78.0 Å². The van der Waals surface area contributed by atoms with Gasteiger partial charge in [-0.2, -0.15) is 0 Å². The third-order valence-corrected chi connectivity index (χ3v) is 1.53. The van der Waals surface area contributed by atoms with Gasteiger partial charge < -0.3 is 10.6 Å². The Balaban J connectivity index is 2.57. The third kappa shape index (κ3) is 3.02. The largest absolute Gasteiger partial charge is 0.368 e. The average molecular weight is 178 g/mol. The highest BCUT2D eigenvalue weighted by Crippen LogP contribution is 2.03. The van der Waals surface area contributed by atoms with Crippen molar-refractivity contribution in [1.29, 1.82) is 0 Å². The number of benzene rings is 1. The highest BCUT2D eigenvalue weighted by atomic mass is 15.4. The lowest BCUT2D eigenvalue weighted by atomic mass is 10.3. The number of hydrogen-bond acceptors (Lipinski definition) is 2. The third-order valence-electron chi connectivity index (χ3n) is 1.53. The number of hydrazone groups is 1. The van der Waals surface area contributed by atoms with E-state index in [1.54, 1.807) is 4.90 Å². The van der Waals surface area contributed by atoms with E-state index in [9.17, 15) is 0 Å². The zero-order valence-corrected chi connectivity index (χ0v) is 7.86. The second-order valence-electron chi connectivity index (χ2n) is 2.84. The van der Waals surface area contributed by atoms with Crippen LogP contribution < -0.4 is 11.2 Å². The van der Waals surface area contributed by atoms with Crippen LogP contribution in [0.4, 0.5) is 5.69 Å². The molecule has 0 saturated carbocycles. The molecule has 0 aliphatic heterocycles. The van der Waals surface area contributed by atoms with Crippen LogP contribution in [-0.4, -0.2) is 25.0 Å². The minimum absolute atomic E-state index is 0.448. The molecule has 0 spiro atoms. The number of para-hydroxylation sites is 1. The Morgan fingerprint density at radius 3 is 2.46 bits per heavy atom. The predicted molar refractivity (Wildman–Crippen MR) is 55.4 cm³/mol. The number of anilines is 1. The van der Waals surface area contributed by atoms with Gasteiger partial charge in [-0.25, -0.2) is 0 Å². The Hall–Kier alpha value is -1.71. The summed E-state index contributed by atoms with van der Waals surface area (Å²) in [7, 11) is 3.68. The van der Waals surface area contributed by atoms with Gasteiger partial charge in [-0.15, -0.1) is 5.10 Å². The lowest BCUT2D eigenvalue weighted by Crippen LogP contribution is -2.31. The molecule has 0 fully saturated rings. The number of guanidine groups is 1. The second-order valence-corrected chi connectivity index (χ2v) is 2.84. The SMILES string of the molecule is CN(C)/C(N)=N/Nc1ccccc1. The molecule has 1 aromatic rings. The lowest BCUT2D eigenvalue weighted by Gasteiger charge is -2.10. The molecular formula is C9H14N4. The first-order chi connectivity index (χ1) is 6.20. The van der Waals surface area contributed by atoms with Gasteiger partial charge in [-0.1, -0.05) is 18.2 Å². The molecule has 0 aliphatic carbocycles. The molecule has 0 radical (unpaired) electrons. The first-order valence-electron chi connectivity index (χ1n) is 4.01. The molecule has 0 unspecified atom stereocenters. The summed E-state index contributed by atoms with van der Waals surface area (Å²) in [6.07, 6.45) is 0. The summed E-state index contributed by atoms with van der Waals surface area (Å²) in [5, 5.41) is 3.96. The van der Waals surface area contributed by atoms with Crippen molar-refractivity contribution in [2.24, 2.45) is 10.8 Å².